The summed E-state index contributed by atoms with van der Waals surface area (Å²) >= 11 is 0. The van der Waals surface area contributed by atoms with E-state index in [0.717, 1.165) is 22.5 Å². The molecule has 6 heteroatoms. The first-order valence-electron chi connectivity index (χ1n) is 10.0. The van der Waals surface area contributed by atoms with Crippen molar-refractivity contribution in [3.63, 3.8) is 0 Å². The molecule has 2 aromatic heterocycles. The van der Waals surface area contributed by atoms with Gasteiger partial charge in [-0.3, -0.25) is 9.78 Å². The van der Waals surface area contributed by atoms with Gasteiger partial charge in [0, 0.05) is 30.7 Å². The number of pyridine rings is 1. The molecular formula is C25H23N5O. The van der Waals surface area contributed by atoms with Crippen molar-refractivity contribution in [3.8, 4) is 11.4 Å². The van der Waals surface area contributed by atoms with Gasteiger partial charge < -0.3 is 10.2 Å². The van der Waals surface area contributed by atoms with Crippen molar-refractivity contribution in [1.82, 2.24) is 20.3 Å². The van der Waals surface area contributed by atoms with Crippen LogP contribution in [0.1, 0.15) is 21.6 Å². The highest BCUT2D eigenvalue weighted by Gasteiger charge is 2.19. The second kappa shape index (κ2) is 9.17. The highest BCUT2D eigenvalue weighted by Crippen LogP contribution is 2.27. The predicted molar refractivity (Wildman–Crippen MR) is 122 cm³/mol. The number of hydrogen-bond donors (Lipinski definition) is 1. The van der Waals surface area contributed by atoms with Crippen molar-refractivity contribution in [3.05, 3.63) is 102 Å². The van der Waals surface area contributed by atoms with Crippen LogP contribution in [0.2, 0.25) is 0 Å². The van der Waals surface area contributed by atoms with Crippen molar-refractivity contribution < 1.29 is 4.79 Å². The molecule has 0 atom stereocenters. The Bertz CT molecular complexity index is 1180. The van der Waals surface area contributed by atoms with Gasteiger partial charge in [0.15, 0.2) is 5.82 Å². The number of aromatic nitrogens is 3. The Balaban J connectivity index is 1.70. The maximum absolute atomic E-state index is 13.0. The van der Waals surface area contributed by atoms with Crippen LogP contribution in [0.4, 0.5) is 11.5 Å². The molecule has 0 unspecified atom stereocenters. The molecule has 0 aliphatic heterocycles. The first-order chi connectivity index (χ1) is 15.1. The van der Waals surface area contributed by atoms with Gasteiger partial charge in [-0.2, -0.15) is 0 Å². The largest absolute Gasteiger partial charge is 0.346 e. The number of anilines is 2. The molecule has 154 valence electrons. The fourth-order valence-electron chi connectivity index (χ4n) is 3.25. The highest BCUT2D eigenvalue weighted by atomic mass is 16.1. The Morgan fingerprint density at radius 2 is 1.77 bits per heavy atom. The second-order valence-electron chi connectivity index (χ2n) is 7.20. The van der Waals surface area contributed by atoms with Gasteiger partial charge in [-0.15, -0.1) is 0 Å². The number of nitrogens with zero attached hydrogens (tertiary/aromatic N) is 4. The fraction of sp³-hybridized carbons (Fsp3) is 0.120. The number of amides is 1. The molecule has 2 aromatic carbocycles. The minimum atomic E-state index is -0.251. The lowest BCUT2D eigenvalue weighted by Gasteiger charge is -2.21. The molecule has 0 radical (unpaired) electrons. The number of carbonyl (C=O) groups excluding carboxylic acids is 1. The van der Waals surface area contributed by atoms with Gasteiger partial charge in [0.05, 0.1) is 12.2 Å². The topological polar surface area (TPSA) is 71.0 Å². The molecule has 0 fully saturated rings. The molecule has 4 aromatic rings. The normalized spacial score (nSPS) is 10.5. The van der Waals surface area contributed by atoms with Crippen molar-refractivity contribution in [1.29, 1.82) is 0 Å². The average molecular weight is 409 g/mol. The van der Waals surface area contributed by atoms with Gasteiger partial charge in [-0.25, -0.2) is 9.97 Å². The van der Waals surface area contributed by atoms with Crippen LogP contribution in [-0.2, 0) is 6.54 Å². The van der Waals surface area contributed by atoms with Crippen LogP contribution in [0, 0.1) is 6.92 Å². The van der Waals surface area contributed by atoms with E-state index in [-0.39, 0.29) is 5.91 Å². The summed E-state index contributed by atoms with van der Waals surface area (Å²) in [7, 11) is 1.90. The molecule has 0 aliphatic rings. The Morgan fingerprint density at radius 1 is 0.968 bits per heavy atom. The molecule has 0 spiro atoms. The molecule has 1 amide bonds. The Morgan fingerprint density at radius 3 is 2.52 bits per heavy atom. The van der Waals surface area contributed by atoms with Crippen LogP contribution >= 0.6 is 0 Å². The van der Waals surface area contributed by atoms with Crippen LogP contribution in [-0.4, -0.2) is 27.9 Å². The number of hydrogen-bond acceptors (Lipinski definition) is 5. The number of rotatable bonds is 6. The summed E-state index contributed by atoms with van der Waals surface area (Å²) in [5, 5.41) is 2.92. The molecule has 0 saturated carbocycles. The Labute approximate surface area is 181 Å². The van der Waals surface area contributed by atoms with Gasteiger partial charge in [-0.05, 0) is 37.3 Å². The maximum Gasteiger partial charge on any atom is 0.256 e. The van der Waals surface area contributed by atoms with Crippen molar-refractivity contribution in [2.45, 2.75) is 13.5 Å². The van der Waals surface area contributed by atoms with E-state index in [1.165, 1.54) is 0 Å². The summed E-state index contributed by atoms with van der Waals surface area (Å²) in [5.41, 5.74) is 4.14. The number of para-hydroxylation sites is 1. The minimum Gasteiger partial charge on any atom is -0.346 e. The molecular weight excluding hydrogens is 386 g/mol. The molecule has 0 bridgehead atoms. The molecule has 0 saturated heterocycles. The van der Waals surface area contributed by atoms with Crippen molar-refractivity contribution in [2.24, 2.45) is 0 Å². The van der Waals surface area contributed by atoms with Crippen LogP contribution < -0.4 is 10.2 Å². The van der Waals surface area contributed by atoms with Crippen LogP contribution in [0.25, 0.3) is 11.4 Å². The maximum atomic E-state index is 13.0. The van der Waals surface area contributed by atoms with Crippen LogP contribution in [0.15, 0.2) is 85.2 Å². The van der Waals surface area contributed by atoms with Gasteiger partial charge in [0.25, 0.3) is 5.91 Å². The van der Waals surface area contributed by atoms with Crippen molar-refractivity contribution in [2.75, 3.05) is 11.9 Å². The van der Waals surface area contributed by atoms with E-state index in [4.69, 9.17) is 4.98 Å². The molecule has 2 heterocycles. The van der Waals surface area contributed by atoms with E-state index in [1.54, 1.807) is 12.4 Å². The smallest absolute Gasteiger partial charge is 0.256 e. The molecule has 4 rings (SSSR count). The number of aryl methyl sites for hydroxylation is 1. The van der Waals surface area contributed by atoms with Crippen LogP contribution in [0.3, 0.4) is 0 Å². The minimum absolute atomic E-state index is 0.251. The van der Waals surface area contributed by atoms with E-state index in [2.05, 4.69) is 15.3 Å². The van der Waals surface area contributed by atoms with Gasteiger partial charge >= 0.3 is 0 Å². The zero-order valence-corrected chi connectivity index (χ0v) is 17.5. The third-order valence-corrected chi connectivity index (χ3v) is 4.91. The van der Waals surface area contributed by atoms with Gasteiger partial charge in [-0.1, -0.05) is 48.0 Å². The monoisotopic (exact) mass is 409 g/mol. The summed E-state index contributed by atoms with van der Waals surface area (Å²) in [6, 6.07) is 23.4. The second-order valence-corrected chi connectivity index (χ2v) is 7.20. The lowest BCUT2D eigenvalue weighted by Crippen LogP contribution is -2.26. The summed E-state index contributed by atoms with van der Waals surface area (Å²) in [6.07, 6.45) is 3.29. The van der Waals surface area contributed by atoms with E-state index in [9.17, 15) is 4.79 Å². The number of nitrogens with one attached hydrogen (secondary N) is 1. The number of benzene rings is 2. The zero-order chi connectivity index (χ0) is 21.6. The molecule has 6 nitrogen and oxygen atoms in total. The molecule has 0 aliphatic carbocycles. The fourth-order valence-corrected chi connectivity index (χ4v) is 3.25. The third kappa shape index (κ3) is 4.75. The summed E-state index contributed by atoms with van der Waals surface area (Å²) < 4.78 is 0. The van der Waals surface area contributed by atoms with Gasteiger partial charge in [0.1, 0.15) is 11.4 Å². The highest BCUT2D eigenvalue weighted by molar-refractivity contribution is 5.99. The average Bonchev–Trinajstić information content (AvgIpc) is 2.83. The van der Waals surface area contributed by atoms with E-state index >= 15 is 0 Å². The molecule has 31 heavy (non-hydrogen) atoms. The zero-order valence-electron chi connectivity index (χ0n) is 17.5. The lowest BCUT2D eigenvalue weighted by atomic mass is 10.1. The van der Waals surface area contributed by atoms with Crippen molar-refractivity contribution >= 4 is 17.4 Å². The standard InChI is InChI=1S/C25H23N5O/c1-18-9-8-10-19(15-18)23-27-17-22(25(31)28-16-20-11-6-7-14-26-20)24(29-23)30(2)21-12-4-3-5-13-21/h3-15,17H,16H2,1-2H3,(H,28,31). The number of carbonyl (C=O) groups is 1. The third-order valence-electron chi connectivity index (χ3n) is 4.91. The van der Waals surface area contributed by atoms with Crippen LogP contribution in [0.5, 0.6) is 0 Å². The SMILES string of the molecule is Cc1cccc(-c2ncc(C(=O)NCc3ccccn3)c(N(C)c3ccccc3)n2)c1. The van der Waals surface area contributed by atoms with E-state index in [0.29, 0.717) is 23.8 Å². The summed E-state index contributed by atoms with van der Waals surface area (Å²) in [4.78, 5) is 28.4. The van der Waals surface area contributed by atoms with E-state index in [1.807, 2.05) is 91.7 Å². The summed E-state index contributed by atoms with van der Waals surface area (Å²) in [6.45, 7) is 2.35. The summed E-state index contributed by atoms with van der Waals surface area (Å²) in [5.74, 6) is 0.859. The van der Waals surface area contributed by atoms with E-state index < -0.39 is 0 Å². The first-order valence-corrected chi connectivity index (χ1v) is 10.0. The Hall–Kier alpha value is -4.06. The van der Waals surface area contributed by atoms with Gasteiger partial charge in [0.2, 0.25) is 0 Å². The first kappa shape index (κ1) is 20.2. The quantitative estimate of drug-likeness (QED) is 0.506. The lowest BCUT2D eigenvalue weighted by molar-refractivity contribution is 0.0950. The Kier molecular flexibility index (Phi) is 5.98. The predicted octanol–water partition coefficient (Wildman–Crippen LogP) is 4.54. The molecule has 1 N–H and O–H groups in total.